The number of fused-ring (bicyclic) bond motifs is 3. The zero-order valence-corrected chi connectivity index (χ0v) is 17.6. The lowest BCUT2D eigenvalue weighted by molar-refractivity contribution is -0.151. The summed E-state index contributed by atoms with van der Waals surface area (Å²) >= 11 is 0. The van der Waals surface area contributed by atoms with Crippen LogP contribution >= 0.6 is 0 Å². The van der Waals surface area contributed by atoms with Crippen molar-refractivity contribution in [1.82, 2.24) is 9.88 Å². The fourth-order valence-corrected chi connectivity index (χ4v) is 4.28. The first-order valence-corrected chi connectivity index (χ1v) is 9.65. The van der Waals surface area contributed by atoms with E-state index in [2.05, 4.69) is 11.6 Å². The van der Waals surface area contributed by atoms with Gasteiger partial charge in [0.05, 0.1) is 18.4 Å². The summed E-state index contributed by atoms with van der Waals surface area (Å²) in [6.07, 6.45) is 3.82. The summed E-state index contributed by atoms with van der Waals surface area (Å²) in [6, 6.07) is 7.87. The van der Waals surface area contributed by atoms with Crippen molar-refractivity contribution in [3.05, 3.63) is 54.4 Å². The van der Waals surface area contributed by atoms with Crippen molar-refractivity contribution in [2.24, 2.45) is 5.41 Å². The number of carbonyl (C=O) groups excluding carboxylic acids is 2. The summed E-state index contributed by atoms with van der Waals surface area (Å²) < 4.78 is 10.7. The Bertz CT molecular complexity index is 990. The molecule has 1 aliphatic carbocycles. The van der Waals surface area contributed by atoms with Gasteiger partial charge in [-0.25, -0.2) is 4.79 Å². The smallest absolute Gasteiger partial charge is 0.339 e. The molecule has 0 saturated heterocycles. The maximum absolute atomic E-state index is 12.8. The first-order chi connectivity index (χ1) is 13.7. The van der Waals surface area contributed by atoms with Crippen LogP contribution in [0.15, 0.2) is 43.1 Å². The van der Waals surface area contributed by atoms with E-state index in [-0.39, 0.29) is 12.0 Å². The van der Waals surface area contributed by atoms with Crippen molar-refractivity contribution < 1.29 is 19.1 Å². The first kappa shape index (κ1) is 20.7. The summed E-state index contributed by atoms with van der Waals surface area (Å²) in [7, 11) is 3.32. The van der Waals surface area contributed by atoms with Crippen molar-refractivity contribution in [2.45, 2.75) is 39.3 Å². The van der Waals surface area contributed by atoms with E-state index < -0.39 is 17.5 Å². The second kappa shape index (κ2) is 7.78. The van der Waals surface area contributed by atoms with Crippen LogP contribution in [0.4, 0.5) is 0 Å². The van der Waals surface area contributed by atoms with Crippen LogP contribution < -0.4 is 0 Å². The lowest BCUT2D eigenvalue weighted by Gasteiger charge is -2.43. The van der Waals surface area contributed by atoms with Crippen LogP contribution in [0, 0.1) is 5.41 Å². The SMILES string of the molecule is C=CN(C)C1Cc2c([nH]c3ccccc23)C(C(=O)OC)=C[C@]1(C)C(C)OC(C)=O. The van der Waals surface area contributed by atoms with Gasteiger partial charge in [-0.3, -0.25) is 4.79 Å². The van der Waals surface area contributed by atoms with Crippen LogP contribution in [0.25, 0.3) is 16.5 Å². The minimum atomic E-state index is -0.668. The lowest BCUT2D eigenvalue weighted by atomic mass is 9.74. The average molecular weight is 396 g/mol. The molecule has 0 saturated carbocycles. The lowest BCUT2D eigenvalue weighted by Crippen LogP contribution is -2.49. The Hall–Kier alpha value is -3.02. The molecule has 3 atom stereocenters. The van der Waals surface area contributed by atoms with Crippen molar-refractivity contribution >= 4 is 28.4 Å². The molecule has 0 amide bonds. The topological polar surface area (TPSA) is 71.6 Å². The van der Waals surface area contributed by atoms with Crippen molar-refractivity contribution in [3.63, 3.8) is 0 Å². The number of aromatic amines is 1. The van der Waals surface area contributed by atoms with E-state index in [0.717, 1.165) is 22.2 Å². The normalized spacial score (nSPS) is 22.1. The van der Waals surface area contributed by atoms with Gasteiger partial charge in [-0.1, -0.05) is 37.8 Å². The Kier molecular flexibility index (Phi) is 5.55. The van der Waals surface area contributed by atoms with Crippen LogP contribution in [-0.4, -0.2) is 48.1 Å². The third kappa shape index (κ3) is 3.55. The van der Waals surface area contributed by atoms with Crippen molar-refractivity contribution in [2.75, 3.05) is 14.2 Å². The molecular weight excluding hydrogens is 368 g/mol. The molecule has 0 spiro atoms. The zero-order chi connectivity index (χ0) is 21.3. The molecule has 2 unspecified atom stereocenters. The number of hydrogen-bond acceptors (Lipinski definition) is 5. The second-order valence-electron chi connectivity index (χ2n) is 7.76. The van der Waals surface area contributed by atoms with Crippen LogP contribution in [0.2, 0.25) is 0 Å². The van der Waals surface area contributed by atoms with E-state index in [0.29, 0.717) is 12.0 Å². The van der Waals surface area contributed by atoms with Gasteiger partial charge in [0.1, 0.15) is 6.10 Å². The molecule has 6 nitrogen and oxygen atoms in total. The number of esters is 2. The highest BCUT2D eigenvalue weighted by atomic mass is 16.5. The van der Waals surface area contributed by atoms with Gasteiger partial charge in [-0.2, -0.15) is 0 Å². The Morgan fingerprint density at radius 1 is 1.38 bits per heavy atom. The predicted molar refractivity (Wildman–Crippen MR) is 113 cm³/mol. The number of aromatic nitrogens is 1. The molecule has 6 heteroatoms. The number of nitrogens with one attached hydrogen (secondary N) is 1. The van der Waals surface area contributed by atoms with Crippen LogP contribution in [0.1, 0.15) is 32.0 Å². The van der Waals surface area contributed by atoms with E-state index in [4.69, 9.17) is 9.47 Å². The zero-order valence-electron chi connectivity index (χ0n) is 17.6. The first-order valence-electron chi connectivity index (χ1n) is 9.65. The van der Waals surface area contributed by atoms with E-state index >= 15 is 0 Å². The Balaban J connectivity index is 2.30. The van der Waals surface area contributed by atoms with E-state index in [9.17, 15) is 9.59 Å². The third-order valence-corrected chi connectivity index (χ3v) is 6.06. The van der Waals surface area contributed by atoms with E-state index in [1.165, 1.54) is 14.0 Å². The van der Waals surface area contributed by atoms with Crippen LogP contribution in [-0.2, 0) is 25.5 Å². The molecule has 1 heterocycles. The summed E-state index contributed by atoms with van der Waals surface area (Å²) in [6.45, 7) is 9.18. The number of benzene rings is 1. The summed E-state index contributed by atoms with van der Waals surface area (Å²) in [4.78, 5) is 29.9. The number of para-hydroxylation sites is 1. The number of ether oxygens (including phenoxy) is 2. The predicted octanol–water partition coefficient (Wildman–Crippen LogP) is 3.68. The van der Waals surface area contributed by atoms with Gasteiger partial charge in [0, 0.05) is 36.3 Å². The molecule has 1 N–H and O–H groups in total. The second-order valence-corrected chi connectivity index (χ2v) is 7.76. The fraction of sp³-hybridized carbons (Fsp3) is 0.391. The number of methoxy groups -OCH3 is 1. The van der Waals surface area contributed by atoms with Gasteiger partial charge in [0.2, 0.25) is 0 Å². The molecule has 1 aromatic heterocycles. The monoisotopic (exact) mass is 396 g/mol. The van der Waals surface area contributed by atoms with Crippen molar-refractivity contribution in [3.8, 4) is 0 Å². The molecule has 154 valence electrons. The van der Waals surface area contributed by atoms with E-state index in [1.54, 1.807) is 6.20 Å². The quantitative estimate of drug-likeness (QED) is 0.781. The molecule has 0 aliphatic heterocycles. The molecule has 2 aromatic rings. The van der Waals surface area contributed by atoms with Gasteiger partial charge in [0.15, 0.2) is 0 Å². The molecule has 29 heavy (non-hydrogen) atoms. The number of nitrogens with zero attached hydrogens (tertiary/aromatic N) is 1. The van der Waals surface area contributed by atoms with Gasteiger partial charge in [0.25, 0.3) is 0 Å². The molecular formula is C23H28N2O4. The number of likely N-dealkylation sites (N-methyl/N-ethyl adjacent to an activating group) is 1. The summed E-state index contributed by atoms with van der Waals surface area (Å²) in [5.74, 6) is -0.791. The Labute approximate surface area is 171 Å². The minimum Gasteiger partial charge on any atom is -0.465 e. The van der Waals surface area contributed by atoms with Gasteiger partial charge in [-0.05, 0) is 31.2 Å². The maximum Gasteiger partial charge on any atom is 0.339 e. The summed E-state index contributed by atoms with van der Waals surface area (Å²) in [5, 5.41) is 1.06. The standard InChI is InChI=1S/C23H28N2O4/c1-7-25(5)20-12-17-16-10-8-9-11-19(16)24-21(17)18(22(27)28-6)13-23(20,4)14(2)29-15(3)26/h7-11,13-14,20,24H,1,12H2,2-6H3/t14?,20?,23-/m1/s1. The van der Waals surface area contributed by atoms with Gasteiger partial charge in [-0.15, -0.1) is 0 Å². The maximum atomic E-state index is 12.8. The molecule has 1 aliphatic rings. The highest BCUT2D eigenvalue weighted by molar-refractivity contribution is 6.18. The van der Waals surface area contributed by atoms with E-state index in [1.807, 2.05) is 56.1 Å². The van der Waals surface area contributed by atoms with Crippen LogP contribution in [0.5, 0.6) is 0 Å². The molecule has 0 fully saturated rings. The number of rotatable bonds is 5. The molecule has 1 aromatic carbocycles. The molecule has 3 rings (SSSR count). The Morgan fingerprint density at radius 2 is 2.07 bits per heavy atom. The summed E-state index contributed by atoms with van der Waals surface area (Å²) in [5.41, 5.74) is 2.53. The highest BCUT2D eigenvalue weighted by Gasteiger charge is 2.45. The average Bonchev–Trinajstić information content (AvgIpc) is 3.00. The minimum absolute atomic E-state index is 0.102. The molecule has 0 bridgehead atoms. The van der Waals surface area contributed by atoms with Gasteiger partial charge >= 0.3 is 11.9 Å². The third-order valence-electron chi connectivity index (χ3n) is 6.06. The largest absolute Gasteiger partial charge is 0.465 e. The number of carbonyl (C=O) groups is 2. The van der Waals surface area contributed by atoms with Gasteiger partial charge < -0.3 is 19.4 Å². The van der Waals surface area contributed by atoms with Crippen LogP contribution in [0.3, 0.4) is 0 Å². The Morgan fingerprint density at radius 3 is 2.69 bits per heavy atom. The fourth-order valence-electron chi connectivity index (χ4n) is 4.28. The highest BCUT2D eigenvalue weighted by Crippen LogP contribution is 2.43. The van der Waals surface area contributed by atoms with Crippen molar-refractivity contribution in [1.29, 1.82) is 0 Å². The number of hydrogen-bond donors (Lipinski definition) is 1. The number of H-pyrrole nitrogens is 1. The molecule has 0 radical (unpaired) electrons.